The number of carbonyl (C=O) groups is 2. The molecule has 0 unspecified atom stereocenters. The average Bonchev–Trinajstić information content (AvgIpc) is 3.21. The molecule has 3 rings (SSSR count). The van der Waals surface area contributed by atoms with E-state index in [2.05, 4.69) is 19.6 Å². The lowest BCUT2D eigenvalue weighted by atomic mass is 9.74. The Balaban J connectivity index is 1.94. The summed E-state index contributed by atoms with van der Waals surface area (Å²) in [6.07, 6.45) is 6.77. The van der Waals surface area contributed by atoms with Gasteiger partial charge in [-0.05, 0) is 46.5 Å². The molecule has 0 N–H and O–H groups in total. The number of hydrogen-bond donors (Lipinski definition) is 0. The van der Waals surface area contributed by atoms with E-state index in [4.69, 9.17) is 18.9 Å². The number of esters is 2. The third kappa shape index (κ3) is 5.34. The SMILES string of the molecule is C=C1CC/C=C(\C)CC[C@@H]2C([C@H](C[C@H]3OC3(C)C)OC(C)=O)=CO[C@H](OC(C)=O)[C@@H]12. The minimum atomic E-state index is -0.714. The van der Waals surface area contributed by atoms with Gasteiger partial charge >= 0.3 is 11.9 Å². The van der Waals surface area contributed by atoms with Gasteiger partial charge in [0.05, 0.1) is 23.9 Å². The van der Waals surface area contributed by atoms with Crippen LogP contribution < -0.4 is 0 Å². The van der Waals surface area contributed by atoms with E-state index in [1.165, 1.54) is 19.4 Å². The van der Waals surface area contributed by atoms with E-state index in [0.717, 1.165) is 36.8 Å². The molecule has 0 saturated carbocycles. The minimum Gasteiger partial charge on any atom is -0.462 e. The van der Waals surface area contributed by atoms with Crippen LogP contribution in [-0.2, 0) is 28.5 Å². The van der Waals surface area contributed by atoms with Gasteiger partial charge in [0.2, 0.25) is 6.29 Å². The Morgan fingerprint density at radius 2 is 1.97 bits per heavy atom. The van der Waals surface area contributed by atoms with Gasteiger partial charge in [-0.15, -0.1) is 0 Å². The number of epoxide rings is 1. The molecule has 1 saturated heterocycles. The Morgan fingerprint density at radius 3 is 2.57 bits per heavy atom. The van der Waals surface area contributed by atoms with Gasteiger partial charge in [0.15, 0.2) is 0 Å². The molecule has 2 aliphatic heterocycles. The Hall–Kier alpha value is -2.08. The lowest BCUT2D eigenvalue weighted by Gasteiger charge is -2.40. The normalized spacial score (nSPS) is 33.2. The molecule has 6 nitrogen and oxygen atoms in total. The second-order valence-electron chi connectivity index (χ2n) is 9.19. The van der Waals surface area contributed by atoms with Crippen molar-refractivity contribution in [3.8, 4) is 0 Å². The summed E-state index contributed by atoms with van der Waals surface area (Å²) in [5.74, 6) is -0.902. The van der Waals surface area contributed by atoms with Gasteiger partial charge in [0, 0.05) is 31.8 Å². The molecule has 2 heterocycles. The lowest BCUT2D eigenvalue weighted by Crippen LogP contribution is -2.41. The van der Waals surface area contributed by atoms with E-state index in [1.54, 1.807) is 6.26 Å². The Bertz CT molecular complexity index is 762. The summed E-state index contributed by atoms with van der Waals surface area (Å²) in [5, 5.41) is 0. The van der Waals surface area contributed by atoms with E-state index in [9.17, 15) is 9.59 Å². The molecule has 0 aromatic rings. The van der Waals surface area contributed by atoms with E-state index < -0.39 is 12.4 Å². The highest BCUT2D eigenvalue weighted by molar-refractivity contribution is 5.67. The Morgan fingerprint density at radius 1 is 1.27 bits per heavy atom. The summed E-state index contributed by atoms with van der Waals surface area (Å²) >= 11 is 0. The maximum absolute atomic E-state index is 11.9. The van der Waals surface area contributed by atoms with E-state index in [-0.39, 0.29) is 35.5 Å². The van der Waals surface area contributed by atoms with Crippen LogP contribution in [-0.4, -0.2) is 36.0 Å². The summed E-state index contributed by atoms with van der Waals surface area (Å²) in [6, 6.07) is 0. The molecule has 5 atom stereocenters. The molecule has 0 spiro atoms. The Kier molecular flexibility index (Phi) is 6.75. The smallest absolute Gasteiger partial charge is 0.305 e. The summed E-state index contributed by atoms with van der Waals surface area (Å²) in [4.78, 5) is 23.6. The van der Waals surface area contributed by atoms with Gasteiger partial charge < -0.3 is 18.9 Å². The zero-order valence-electron chi connectivity index (χ0n) is 18.7. The average molecular weight is 419 g/mol. The number of fused-ring (bicyclic) bond motifs is 1. The van der Waals surface area contributed by atoms with Crippen LogP contribution >= 0.6 is 0 Å². The van der Waals surface area contributed by atoms with Crippen LogP contribution in [0.2, 0.25) is 0 Å². The molecule has 3 aliphatic rings. The standard InChI is InChI=1S/C24H34O6/c1-14-8-7-9-15(2)22-18(11-10-14)19(13-27-23(22)29-17(4)26)20(28-16(3)25)12-21-24(5,6)30-21/h8,13,18,20-23H,2,7,9-12H2,1,3-6H3/b14-8+/t18-,20+,21-,22+,23-/m1/s1. The fourth-order valence-electron chi connectivity index (χ4n) is 4.58. The highest BCUT2D eigenvalue weighted by Crippen LogP contribution is 2.46. The zero-order chi connectivity index (χ0) is 22.1. The van der Waals surface area contributed by atoms with Crippen LogP contribution in [0.25, 0.3) is 0 Å². The topological polar surface area (TPSA) is 74.4 Å². The fourth-order valence-corrected chi connectivity index (χ4v) is 4.58. The maximum Gasteiger partial charge on any atom is 0.305 e. The van der Waals surface area contributed by atoms with Gasteiger partial charge in [-0.2, -0.15) is 0 Å². The van der Waals surface area contributed by atoms with Gasteiger partial charge in [-0.3, -0.25) is 9.59 Å². The molecule has 30 heavy (non-hydrogen) atoms. The molecular weight excluding hydrogens is 384 g/mol. The van der Waals surface area contributed by atoms with Crippen molar-refractivity contribution in [2.24, 2.45) is 11.8 Å². The van der Waals surface area contributed by atoms with Crippen molar-refractivity contribution in [3.05, 3.63) is 35.6 Å². The molecule has 166 valence electrons. The molecule has 1 aliphatic carbocycles. The molecule has 0 aromatic carbocycles. The first-order valence-electron chi connectivity index (χ1n) is 10.8. The molecule has 6 heteroatoms. The number of carbonyl (C=O) groups excluding carboxylic acids is 2. The highest BCUT2D eigenvalue weighted by Gasteiger charge is 2.51. The second kappa shape index (κ2) is 8.96. The third-order valence-corrected chi connectivity index (χ3v) is 6.33. The summed E-state index contributed by atoms with van der Waals surface area (Å²) < 4.78 is 22.9. The Labute approximate surface area is 179 Å². The van der Waals surface area contributed by atoms with E-state index in [0.29, 0.717) is 6.42 Å². The van der Waals surface area contributed by atoms with Gasteiger partial charge in [-0.25, -0.2) is 0 Å². The maximum atomic E-state index is 11.9. The summed E-state index contributed by atoms with van der Waals surface area (Å²) in [5.41, 5.74) is 3.03. The van der Waals surface area contributed by atoms with Crippen molar-refractivity contribution in [2.75, 3.05) is 0 Å². The molecule has 0 bridgehead atoms. The highest BCUT2D eigenvalue weighted by atomic mass is 16.7. The number of hydrogen-bond acceptors (Lipinski definition) is 6. The first-order valence-corrected chi connectivity index (χ1v) is 10.8. The monoisotopic (exact) mass is 418 g/mol. The van der Waals surface area contributed by atoms with E-state index in [1.807, 2.05) is 13.8 Å². The van der Waals surface area contributed by atoms with Crippen LogP contribution in [0.5, 0.6) is 0 Å². The first-order chi connectivity index (χ1) is 14.1. The fraction of sp³-hybridized carbons (Fsp3) is 0.667. The molecular formula is C24H34O6. The van der Waals surface area contributed by atoms with Crippen molar-refractivity contribution < 1.29 is 28.5 Å². The van der Waals surface area contributed by atoms with Gasteiger partial charge in [0.25, 0.3) is 0 Å². The van der Waals surface area contributed by atoms with Crippen LogP contribution in [0.15, 0.2) is 35.6 Å². The lowest BCUT2D eigenvalue weighted by molar-refractivity contribution is -0.181. The van der Waals surface area contributed by atoms with Crippen molar-refractivity contribution in [3.63, 3.8) is 0 Å². The number of ether oxygens (including phenoxy) is 4. The quantitative estimate of drug-likeness (QED) is 0.369. The summed E-state index contributed by atoms with van der Waals surface area (Å²) in [7, 11) is 0. The number of rotatable bonds is 5. The molecule has 1 fully saturated rings. The number of allylic oxidation sites excluding steroid dienone is 2. The summed E-state index contributed by atoms with van der Waals surface area (Å²) in [6.45, 7) is 13.3. The second-order valence-corrected chi connectivity index (χ2v) is 9.19. The first kappa shape index (κ1) is 22.6. The van der Waals surface area contributed by atoms with Crippen molar-refractivity contribution in [1.29, 1.82) is 0 Å². The van der Waals surface area contributed by atoms with Crippen molar-refractivity contribution >= 4 is 11.9 Å². The molecule has 0 radical (unpaired) electrons. The van der Waals surface area contributed by atoms with Crippen LogP contribution in [0.4, 0.5) is 0 Å². The molecule has 0 aromatic heterocycles. The predicted octanol–water partition coefficient (Wildman–Crippen LogP) is 4.60. The minimum absolute atomic E-state index is 0.00302. The largest absolute Gasteiger partial charge is 0.462 e. The predicted molar refractivity (Wildman–Crippen MR) is 112 cm³/mol. The van der Waals surface area contributed by atoms with E-state index >= 15 is 0 Å². The van der Waals surface area contributed by atoms with Gasteiger partial charge in [0.1, 0.15) is 6.10 Å². The van der Waals surface area contributed by atoms with Crippen molar-refractivity contribution in [1.82, 2.24) is 0 Å². The zero-order valence-corrected chi connectivity index (χ0v) is 18.7. The van der Waals surface area contributed by atoms with Crippen LogP contribution in [0.1, 0.15) is 66.7 Å². The van der Waals surface area contributed by atoms with Crippen LogP contribution in [0.3, 0.4) is 0 Å². The molecule has 0 amide bonds. The third-order valence-electron chi connectivity index (χ3n) is 6.33. The van der Waals surface area contributed by atoms with Gasteiger partial charge in [-0.1, -0.05) is 23.8 Å². The van der Waals surface area contributed by atoms with Crippen LogP contribution in [0, 0.1) is 11.8 Å². The van der Waals surface area contributed by atoms with Crippen molar-refractivity contribution in [2.45, 2.75) is 90.8 Å².